The second kappa shape index (κ2) is 4.36. The first kappa shape index (κ1) is 10.7. The molecule has 1 atom stereocenters. The van der Waals surface area contributed by atoms with Gasteiger partial charge in [-0.15, -0.1) is 0 Å². The smallest absolute Gasteiger partial charge is 0.224 e. The number of amides is 1. The first-order valence-corrected chi connectivity index (χ1v) is 5.42. The second-order valence-corrected chi connectivity index (χ2v) is 4.29. The highest BCUT2D eigenvalue weighted by molar-refractivity contribution is 5.79. The third kappa shape index (κ3) is 2.22. The second-order valence-electron chi connectivity index (χ2n) is 4.29. The number of benzene rings is 1. The Hall–Kier alpha value is -1.82. The fourth-order valence-corrected chi connectivity index (χ4v) is 2.04. The molecule has 1 heterocycles. The molecule has 0 radical (unpaired) electrons. The molecule has 1 aromatic rings. The minimum atomic E-state index is -0.127. The van der Waals surface area contributed by atoms with Crippen LogP contribution in [0.4, 0.5) is 0 Å². The van der Waals surface area contributed by atoms with Crippen molar-refractivity contribution in [1.29, 1.82) is 5.26 Å². The number of hydrogen-bond acceptors (Lipinski definition) is 2. The van der Waals surface area contributed by atoms with E-state index >= 15 is 0 Å². The summed E-state index contributed by atoms with van der Waals surface area (Å²) in [5.74, 6) is -0.0367. The zero-order chi connectivity index (χ0) is 11.5. The Kier molecular flexibility index (Phi) is 2.91. The zero-order valence-electron chi connectivity index (χ0n) is 9.31. The average Bonchev–Trinajstić information content (AvgIpc) is 2.60. The Labute approximate surface area is 95.3 Å². The van der Waals surface area contributed by atoms with Gasteiger partial charge in [0.1, 0.15) is 0 Å². The van der Waals surface area contributed by atoms with Crippen LogP contribution in [0.3, 0.4) is 0 Å². The Morgan fingerprint density at radius 2 is 2.38 bits per heavy atom. The molecular formula is C13H14N2O. The largest absolute Gasteiger partial charge is 0.337 e. The molecule has 3 heteroatoms. The Morgan fingerprint density at radius 1 is 1.56 bits per heavy atom. The van der Waals surface area contributed by atoms with Crippen LogP contribution in [-0.2, 0) is 11.3 Å². The number of carbonyl (C=O) groups is 1. The lowest BCUT2D eigenvalue weighted by molar-refractivity contribution is -0.128. The summed E-state index contributed by atoms with van der Waals surface area (Å²) >= 11 is 0. The molecule has 0 N–H and O–H groups in total. The highest BCUT2D eigenvalue weighted by Gasteiger charge is 2.29. The van der Waals surface area contributed by atoms with Crippen molar-refractivity contribution in [2.24, 2.45) is 5.92 Å². The molecule has 0 saturated carbocycles. The standard InChI is InChI=1S/C13H14N2O/c1-10-3-2-4-11(5-10)8-15-9-12(7-14)6-13(15)16/h2-5,12H,6,8-9H2,1H3. The Morgan fingerprint density at radius 3 is 3.00 bits per heavy atom. The number of rotatable bonds is 2. The fourth-order valence-electron chi connectivity index (χ4n) is 2.04. The predicted octanol–water partition coefficient (Wildman–Crippen LogP) is 1.87. The van der Waals surface area contributed by atoms with Crippen molar-refractivity contribution in [3.63, 3.8) is 0 Å². The molecule has 0 spiro atoms. The van der Waals surface area contributed by atoms with Gasteiger partial charge < -0.3 is 4.90 Å². The molecule has 1 aliphatic rings. The summed E-state index contributed by atoms with van der Waals surface area (Å²) in [6, 6.07) is 10.3. The van der Waals surface area contributed by atoms with Crippen LogP contribution in [0.2, 0.25) is 0 Å². The van der Waals surface area contributed by atoms with Gasteiger partial charge in [0.15, 0.2) is 0 Å². The normalized spacial score (nSPS) is 19.9. The lowest BCUT2D eigenvalue weighted by atomic mass is 10.1. The Balaban J connectivity index is 2.06. The number of nitriles is 1. The van der Waals surface area contributed by atoms with Gasteiger partial charge in [-0.05, 0) is 12.5 Å². The quantitative estimate of drug-likeness (QED) is 0.754. The third-order valence-corrected chi connectivity index (χ3v) is 2.85. The minimum Gasteiger partial charge on any atom is -0.337 e. The van der Waals surface area contributed by atoms with Gasteiger partial charge in [-0.25, -0.2) is 0 Å². The average molecular weight is 214 g/mol. The monoisotopic (exact) mass is 214 g/mol. The van der Waals surface area contributed by atoms with Gasteiger partial charge >= 0.3 is 0 Å². The van der Waals surface area contributed by atoms with Gasteiger partial charge in [0.05, 0.1) is 12.0 Å². The van der Waals surface area contributed by atoms with Crippen molar-refractivity contribution in [2.75, 3.05) is 6.54 Å². The van der Waals surface area contributed by atoms with Crippen LogP contribution in [0.25, 0.3) is 0 Å². The topological polar surface area (TPSA) is 44.1 Å². The van der Waals surface area contributed by atoms with Crippen LogP contribution in [0.15, 0.2) is 24.3 Å². The lowest BCUT2D eigenvalue weighted by Crippen LogP contribution is -2.24. The molecule has 1 aliphatic heterocycles. The van der Waals surface area contributed by atoms with Crippen molar-refractivity contribution in [2.45, 2.75) is 19.9 Å². The summed E-state index contributed by atoms with van der Waals surface area (Å²) in [5, 5.41) is 8.78. The maximum absolute atomic E-state index is 11.6. The molecule has 1 fully saturated rings. The van der Waals surface area contributed by atoms with Crippen LogP contribution >= 0.6 is 0 Å². The molecule has 1 aromatic carbocycles. The maximum atomic E-state index is 11.6. The van der Waals surface area contributed by atoms with Gasteiger partial charge in [-0.3, -0.25) is 4.79 Å². The van der Waals surface area contributed by atoms with E-state index in [4.69, 9.17) is 5.26 Å². The van der Waals surface area contributed by atoms with E-state index in [2.05, 4.69) is 12.1 Å². The summed E-state index contributed by atoms with van der Waals surface area (Å²) in [6.45, 7) is 3.23. The van der Waals surface area contributed by atoms with Crippen LogP contribution in [-0.4, -0.2) is 17.4 Å². The number of likely N-dealkylation sites (tertiary alicyclic amines) is 1. The van der Waals surface area contributed by atoms with E-state index in [9.17, 15) is 4.79 Å². The van der Waals surface area contributed by atoms with Crippen molar-refractivity contribution in [3.8, 4) is 6.07 Å². The summed E-state index contributed by atoms with van der Waals surface area (Å²) in [4.78, 5) is 13.4. The molecule has 1 unspecified atom stereocenters. The first-order chi connectivity index (χ1) is 7.69. The van der Waals surface area contributed by atoms with Gasteiger partial charge in [-0.1, -0.05) is 29.8 Å². The van der Waals surface area contributed by atoms with Gasteiger partial charge in [-0.2, -0.15) is 5.26 Å². The van der Waals surface area contributed by atoms with Gasteiger partial charge in [0.25, 0.3) is 0 Å². The molecule has 1 amide bonds. The van der Waals surface area contributed by atoms with Gasteiger partial charge in [0, 0.05) is 19.5 Å². The molecular weight excluding hydrogens is 200 g/mol. The number of nitrogens with zero attached hydrogens (tertiary/aromatic N) is 2. The number of hydrogen-bond donors (Lipinski definition) is 0. The molecule has 1 saturated heterocycles. The van der Waals surface area contributed by atoms with E-state index in [0.717, 1.165) is 5.56 Å². The molecule has 0 aliphatic carbocycles. The summed E-state index contributed by atoms with van der Waals surface area (Å²) in [6.07, 6.45) is 0.377. The summed E-state index contributed by atoms with van der Waals surface area (Å²) in [5.41, 5.74) is 2.33. The molecule has 0 aromatic heterocycles. The number of aryl methyl sites for hydroxylation is 1. The molecule has 16 heavy (non-hydrogen) atoms. The third-order valence-electron chi connectivity index (χ3n) is 2.85. The van der Waals surface area contributed by atoms with E-state index in [1.165, 1.54) is 5.56 Å². The highest BCUT2D eigenvalue weighted by Crippen LogP contribution is 2.19. The van der Waals surface area contributed by atoms with E-state index in [1.807, 2.05) is 25.1 Å². The fraction of sp³-hybridized carbons (Fsp3) is 0.385. The van der Waals surface area contributed by atoms with Crippen molar-refractivity contribution < 1.29 is 4.79 Å². The first-order valence-electron chi connectivity index (χ1n) is 5.42. The van der Waals surface area contributed by atoms with Crippen molar-refractivity contribution in [3.05, 3.63) is 35.4 Å². The van der Waals surface area contributed by atoms with E-state index in [1.54, 1.807) is 4.90 Å². The van der Waals surface area contributed by atoms with Crippen LogP contribution in [0.1, 0.15) is 17.5 Å². The van der Waals surface area contributed by atoms with Gasteiger partial charge in [0.2, 0.25) is 5.91 Å². The number of carbonyl (C=O) groups excluding carboxylic acids is 1. The molecule has 3 nitrogen and oxygen atoms in total. The molecule has 2 rings (SSSR count). The van der Waals surface area contributed by atoms with Crippen molar-refractivity contribution >= 4 is 5.91 Å². The van der Waals surface area contributed by atoms with E-state index in [0.29, 0.717) is 19.5 Å². The molecule has 82 valence electrons. The highest BCUT2D eigenvalue weighted by atomic mass is 16.2. The maximum Gasteiger partial charge on any atom is 0.224 e. The van der Waals surface area contributed by atoms with E-state index < -0.39 is 0 Å². The zero-order valence-corrected chi connectivity index (χ0v) is 9.31. The van der Waals surface area contributed by atoms with Crippen LogP contribution in [0.5, 0.6) is 0 Å². The molecule has 0 bridgehead atoms. The van der Waals surface area contributed by atoms with Crippen LogP contribution in [0, 0.1) is 24.2 Å². The predicted molar refractivity (Wildman–Crippen MR) is 60.3 cm³/mol. The summed E-state index contributed by atoms with van der Waals surface area (Å²) < 4.78 is 0. The van der Waals surface area contributed by atoms with Crippen molar-refractivity contribution in [1.82, 2.24) is 4.90 Å². The van der Waals surface area contributed by atoms with Crippen LogP contribution < -0.4 is 0 Å². The van der Waals surface area contributed by atoms with E-state index in [-0.39, 0.29) is 11.8 Å². The minimum absolute atomic E-state index is 0.0908. The SMILES string of the molecule is Cc1cccc(CN2CC(C#N)CC2=O)c1. The summed E-state index contributed by atoms with van der Waals surface area (Å²) in [7, 11) is 0. The lowest BCUT2D eigenvalue weighted by Gasteiger charge is -2.15. The Bertz CT molecular complexity index is 447.